The Kier molecular flexibility index (Phi) is 3.66. The lowest BCUT2D eigenvalue weighted by Gasteiger charge is -2.27. The number of benzene rings is 1. The minimum Gasteiger partial charge on any atom is -0.384 e. The van der Waals surface area contributed by atoms with E-state index in [1.54, 1.807) is 12.3 Å². The molecule has 1 saturated heterocycles. The number of nitrogen functional groups attached to an aromatic ring is 1. The molecule has 0 aliphatic carbocycles. The molecular weight excluding hydrogens is 306 g/mol. The minimum absolute atomic E-state index is 0.431. The van der Waals surface area contributed by atoms with Crippen LogP contribution < -0.4 is 16.0 Å². The van der Waals surface area contributed by atoms with Gasteiger partial charge in [-0.25, -0.2) is 9.97 Å². The van der Waals surface area contributed by atoms with Crippen LogP contribution in [0.5, 0.6) is 0 Å². The average Bonchev–Trinajstić information content (AvgIpc) is 2.92. The number of fused-ring (bicyclic) bond motifs is 1. The molecule has 1 aromatic carbocycles. The van der Waals surface area contributed by atoms with Crippen molar-refractivity contribution in [1.82, 2.24) is 19.5 Å². The number of aromatic nitrogens is 4. The third-order valence-corrected chi connectivity index (χ3v) is 4.08. The standard InChI is InChI=1S/C16H19N7O/c1-22-13-3-2-11(19-15-18-5-4-14(17)21-15)10-12(13)20-16(22)23-6-8-24-9-7-23/h2-5,10H,6-9H2,1H3,(H3,17,18,19,21). The smallest absolute Gasteiger partial charge is 0.229 e. The fourth-order valence-electron chi connectivity index (χ4n) is 2.87. The number of nitrogens with one attached hydrogen (secondary N) is 1. The summed E-state index contributed by atoms with van der Waals surface area (Å²) in [6, 6.07) is 7.67. The predicted octanol–water partition coefficient (Wildman–Crippen LogP) is 1.53. The van der Waals surface area contributed by atoms with Crippen LogP contribution in [0.2, 0.25) is 0 Å². The number of nitrogens with two attached hydrogens (primary N) is 1. The van der Waals surface area contributed by atoms with Crippen molar-refractivity contribution in [3.8, 4) is 0 Å². The van der Waals surface area contributed by atoms with Gasteiger partial charge in [0.05, 0.1) is 24.2 Å². The van der Waals surface area contributed by atoms with Gasteiger partial charge in [-0.05, 0) is 24.3 Å². The zero-order valence-electron chi connectivity index (χ0n) is 13.4. The van der Waals surface area contributed by atoms with Gasteiger partial charge >= 0.3 is 0 Å². The number of rotatable bonds is 3. The molecule has 8 nitrogen and oxygen atoms in total. The first kappa shape index (κ1) is 14.7. The number of hydrogen-bond donors (Lipinski definition) is 2. The molecule has 24 heavy (non-hydrogen) atoms. The molecule has 0 amide bonds. The van der Waals surface area contributed by atoms with Crippen molar-refractivity contribution in [2.75, 3.05) is 42.3 Å². The maximum atomic E-state index is 5.69. The van der Waals surface area contributed by atoms with Crippen molar-refractivity contribution in [3.63, 3.8) is 0 Å². The van der Waals surface area contributed by atoms with E-state index in [0.717, 1.165) is 49.0 Å². The van der Waals surface area contributed by atoms with Gasteiger partial charge in [-0.1, -0.05) is 0 Å². The van der Waals surface area contributed by atoms with Crippen molar-refractivity contribution >= 4 is 34.4 Å². The van der Waals surface area contributed by atoms with Crippen LogP contribution >= 0.6 is 0 Å². The van der Waals surface area contributed by atoms with E-state index in [2.05, 4.69) is 24.8 Å². The molecular formula is C16H19N7O. The zero-order valence-corrected chi connectivity index (χ0v) is 13.4. The summed E-state index contributed by atoms with van der Waals surface area (Å²) in [6.07, 6.45) is 1.63. The molecule has 3 N–H and O–H groups in total. The van der Waals surface area contributed by atoms with Crippen molar-refractivity contribution in [1.29, 1.82) is 0 Å². The molecule has 124 valence electrons. The van der Waals surface area contributed by atoms with E-state index in [1.165, 1.54) is 0 Å². The number of ether oxygens (including phenoxy) is 1. The van der Waals surface area contributed by atoms with Crippen molar-refractivity contribution < 1.29 is 4.74 Å². The highest BCUT2D eigenvalue weighted by Gasteiger charge is 2.17. The van der Waals surface area contributed by atoms with Gasteiger partial charge in [0, 0.05) is 32.0 Å². The first-order valence-corrected chi connectivity index (χ1v) is 7.85. The third kappa shape index (κ3) is 2.71. The molecule has 2 aromatic heterocycles. The van der Waals surface area contributed by atoms with E-state index < -0.39 is 0 Å². The van der Waals surface area contributed by atoms with Gasteiger partial charge in [0.15, 0.2) is 0 Å². The van der Waals surface area contributed by atoms with E-state index in [0.29, 0.717) is 11.8 Å². The fourth-order valence-corrected chi connectivity index (χ4v) is 2.87. The molecule has 0 unspecified atom stereocenters. The van der Waals surface area contributed by atoms with E-state index in [-0.39, 0.29) is 0 Å². The quantitative estimate of drug-likeness (QED) is 0.754. The lowest BCUT2D eigenvalue weighted by molar-refractivity contribution is 0.122. The van der Waals surface area contributed by atoms with Crippen molar-refractivity contribution in [2.45, 2.75) is 0 Å². The summed E-state index contributed by atoms with van der Waals surface area (Å²) in [6.45, 7) is 3.20. The van der Waals surface area contributed by atoms with E-state index in [4.69, 9.17) is 15.5 Å². The number of nitrogens with zero attached hydrogens (tertiary/aromatic N) is 5. The molecule has 3 aromatic rings. The van der Waals surface area contributed by atoms with Crippen molar-refractivity contribution in [2.24, 2.45) is 7.05 Å². The topological polar surface area (TPSA) is 94.1 Å². The Morgan fingerprint density at radius 2 is 2.00 bits per heavy atom. The SMILES string of the molecule is Cn1c(N2CCOCC2)nc2cc(Nc3nccc(N)n3)ccc21. The van der Waals surface area contributed by atoms with Crippen LogP contribution in [-0.4, -0.2) is 45.8 Å². The molecule has 0 atom stereocenters. The van der Waals surface area contributed by atoms with Gasteiger partial charge < -0.3 is 25.3 Å². The summed E-state index contributed by atoms with van der Waals surface area (Å²) < 4.78 is 7.53. The van der Waals surface area contributed by atoms with E-state index in [1.807, 2.05) is 25.2 Å². The number of imidazole rings is 1. The second-order valence-corrected chi connectivity index (χ2v) is 5.70. The highest BCUT2D eigenvalue weighted by Crippen LogP contribution is 2.25. The minimum atomic E-state index is 0.431. The lowest BCUT2D eigenvalue weighted by Crippen LogP contribution is -2.37. The normalized spacial score (nSPS) is 15.0. The molecule has 0 spiro atoms. The van der Waals surface area contributed by atoms with Gasteiger partial charge in [0.25, 0.3) is 0 Å². The molecule has 8 heteroatoms. The van der Waals surface area contributed by atoms with E-state index >= 15 is 0 Å². The van der Waals surface area contributed by atoms with Gasteiger partial charge in [-0.3, -0.25) is 0 Å². The van der Waals surface area contributed by atoms with Crippen LogP contribution in [0.15, 0.2) is 30.5 Å². The maximum Gasteiger partial charge on any atom is 0.229 e. The van der Waals surface area contributed by atoms with Crippen LogP contribution in [0.1, 0.15) is 0 Å². The second-order valence-electron chi connectivity index (χ2n) is 5.70. The number of hydrogen-bond acceptors (Lipinski definition) is 7. The number of aryl methyl sites for hydroxylation is 1. The van der Waals surface area contributed by atoms with Crippen LogP contribution in [0, 0.1) is 0 Å². The molecule has 0 radical (unpaired) electrons. The van der Waals surface area contributed by atoms with Crippen molar-refractivity contribution in [3.05, 3.63) is 30.5 Å². The van der Waals surface area contributed by atoms with Crippen LogP contribution in [0.4, 0.5) is 23.4 Å². The Morgan fingerprint density at radius 1 is 1.17 bits per heavy atom. The predicted molar refractivity (Wildman–Crippen MR) is 93.5 cm³/mol. The summed E-state index contributed by atoms with van der Waals surface area (Å²) in [7, 11) is 2.04. The Labute approximate surface area is 139 Å². The summed E-state index contributed by atoms with van der Waals surface area (Å²) in [5, 5.41) is 3.16. The average molecular weight is 325 g/mol. The highest BCUT2D eigenvalue weighted by molar-refractivity contribution is 5.83. The monoisotopic (exact) mass is 325 g/mol. The number of morpholine rings is 1. The van der Waals surface area contributed by atoms with Crippen LogP contribution in [-0.2, 0) is 11.8 Å². The largest absolute Gasteiger partial charge is 0.384 e. The van der Waals surface area contributed by atoms with Crippen LogP contribution in [0.25, 0.3) is 11.0 Å². The molecule has 0 bridgehead atoms. The van der Waals surface area contributed by atoms with Crippen LogP contribution in [0.3, 0.4) is 0 Å². The Morgan fingerprint density at radius 3 is 2.79 bits per heavy atom. The van der Waals surface area contributed by atoms with Gasteiger partial charge in [-0.2, -0.15) is 4.98 Å². The summed E-state index contributed by atoms with van der Waals surface area (Å²) >= 11 is 0. The first-order valence-electron chi connectivity index (χ1n) is 7.85. The summed E-state index contributed by atoms with van der Waals surface area (Å²) in [5.74, 6) is 1.87. The Bertz CT molecular complexity index is 870. The third-order valence-electron chi connectivity index (χ3n) is 4.08. The molecule has 0 saturated carbocycles. The van der Waals surface area contributed by atoms with E-state index in [9.17, 15) is 0 Å². The fraction of sp³-hybridized carbons (Fsp3) is 0.312. The summed E-state index contributed by atoms with van der Waals surface area (Å²) in [5.41, 5.74) is 8.56. The summed E-state index contributed by atoms with van der Waals surface area (Å²) in [4.78, 5) is 15.3. The number of anilines is 4. The lowest BCUT2D eigenvalue weighted by atomic mass is 10.3. The Hall–Kier alpha value is -2.87. The highest BCUT2D eigenvalue weighted by atomic mass is 16.5. The first-order chi connectivity index (χ1) is 11.7. The Balaban J connectivity index is 1.65. The zero-order chi connectivity index (χ0) is 16.5. The molecule has 3 heterocycles. The van der Waals surface area contributed by atoms with Gasteiger partial charge in [-0.15, -0.1) is 0 Å². The maximum absolute atomic E-state index is 5.69. The molecule has 4 rings (SSSR count). The second kappa shape index (κ2) is 5.97. The molecule has 1 aliphatic heterocycles. The van der Waals surface area contributed by atoms with Gasteiger partial charge in [0.1, 0.15) is 5.82 Å². The van der Waals surface area contributed by atoms with Gasteiger partial charge in [0.2, 0.25) is 11.9 Å². The molecule has 1 fully saturated rings. The molecule has 1 aliphatic rings.